The van der Waals surface area contributed by atoms with Crippen molar-refractivity contribution in [2.45, 2.75) is 31.3 Å². The fourth-order valence-electron chi connectivity index (χ4n) is 2.14. The van der Waals surface area contributed by atoms with Crippen LogP contribution < -0.4 is 10.6 Å². The van der Waals surface area contributed by atoms with Crippen molar-refractivity contribution in [1.82, 2.24) is 10.6 Å². The molecule has 0 aromatic heterocycles. The number of carbonyl (C=O) groups is 3. The first kappa shape index (κ1) is 15.3. The van der Waals surface area contributed by atoms with E-state index in [9.17, 15) is 19.5 Å². The normalized spacial score (nSPS) is 18.9. The van der Waals surface area contributed by atoms with Gasteiger partial charge in [0.05, 0.1) is 0 Å². The fourth-order valence-corrected chi connectivity index (χ4v) is 2.27. The molecule has 1 aromatic carbocycles. The summed E-state index contributed by atoms with van der Waals surface area (Å²) in [7, 11) is 0. The van der Waals surface area contributed by atoms with E-state index in [0.29, 0.717) is 11.4 Å². The minimum Gasteiger partial charge on any atom is -0.480 e. The number of nitrogens with one attached hydrogen (secondary N) is 2. The van der Waals surface area contributed by atoms with Crippen molar-refractivity contribution in [3.05, 3.63) is 34.9 Å². The van der Waals surface area contributed by atoms with Crippen molar-refractivity contribution in [2.24, 2.45) is 0 Å². The molecule has 6 nitrogen and oxygen atoms in total. The molecule has 1 aromatic rings. The number of carboxylic acid groups (broad SMARTS) is 1. The molecule has 7 heteroatoms. The summed E-state index contributed by atoms with van der Waals surface area (Å²) in [6.07, 6.45) is 0.823. The topological polar surface area (TPSA) is 95.5 Å². The zero-order valence-electron chi connectivity index (χ0n) is 11.1. The summed E-state index contributed by atoms with van der Waals surface area (Å²) in [5.41, 5.74) is 0.752. The highest BCUT2D eigenvalue weighted by molar-refractivity contribution is 6.30. The highest BCUT2D eigenvalue weighted by Gasteiger charge is 2.30. The minimum atomic E-state index is -1.12. The highest BCUT2D eigenvalue weighted by atomic mass is 35.5. The Morgan fingerprint density at radius 1 is 1.38 bits per heavy atom. The van der Waals surface area contributed by atoms with Gasteiger partial charge >= 0.3 is 5.97 Å². The second-order valence-electron chi connectivity index (χ2n) is 4.89. The zero-order valence-corrected chi connectivity index (χ0v) is 11.9. The molecular formula is C14H15ClN2O4. The first-order valence-corrected chi connectivity index (χ1v) is 6.90. The van der Waals surface area contributed by atoms with Gasteiger partial charge in [0, 0.05) is 17.9 Å². The van der Waals surface area contributed by atoms with Gasteiger partial charge in [-0.3, -0.25) is 9.59 Å². The van der Waals surface area contributed by atoms with Crippen LogP contribution in [0.15, 0.2) is 24.3 Å². The molecule has 0 aliphatic carbocycles. The third kappa shape index (κ3) is 4.19. The molecule has 2 atom stereocenters. The predicted octanol–water partition coefficient (Wildman–Crippen LogP) is 0.730. The Balaban J connectivity index is 1.99. The zero-order chi connectivity index (χ0) is 15.4. The molecule has 0 spiro atoms. The van der Waals surface area contributed by atoms with E-state index in [1.165, 1.54) is 0 Å². The summed E-state index contributed by atoms with van der Waals surface area (Å²) in [5, 5.41) is 14.7. The lowest BCUT2D eigenvalue weighted by molar-refractivity contribution is -0.142. The van der Waals surface area contributed by atoms with E-state index < -0.39 is 24.0 Å². The minimum absolute atomic E-state index is 0.152. The Morgan fingerprint density at radius 3 is 2.57 bits per heavy atom. The molecule has 21 heavy (non-hydrogen) atoms. The molecule has 2 rings (SSSR count). The second kappa shape index (κ2) is 6.58. The number of hydrogen-bond donors (Lipinski definition) is 3. The van der Waals surface area contributed by atoms with Crippen molar-refractivity contribution in [3.63, 3.8) is 0 Å². The summed E-state index contributed by atoms with van der Waals surface area (Å²) in [6, 6.07) is 5.05. The van der Waals surface area contributed by atoms with Crippen molar-refractivity contribution in [3.8, 4) is 0 Å². The lowest BCUT2D eigenvalue weighted by atomic mass is 10.1. The maximum absolute atomic E-state index is 11.9. The SMILES string of the molecule is O=C1CC[C@H](C(=O)N[C@H](Cc2ccc(Cl)cc2)C(=O)O)N1. The van der Waals surface area contributed by atoms with Gasteiger partial charge in [-0.25, -0.2) is 4.79 Å². The molecule has 0 unspecified atom stereocenters. The van der Waals surface area contributed by atoms with Crippen LogP contribution in [0.3, 0.4) is 0 Å². The van der Waals surface area contributed by atoms with E-state index in [1.807, 2.05) is 0 Å². The van der Waals surface area contributed by atoms with Gasteiger partial charge in [-0.15, -0.1) is 0 Å². The second-order valence-corrected chi connectivity index (χ2v) is 5.33. The number of carbonyl (C=O) groups excluding carboxylic acids is 2. The molecule has 1 heterocycles. The molecule has 1 fully saturated rings. The quantitative estimate of drug-likeness (QED) is 0.747. The molecule has 0 radical (unpaired) electrons. The number of rotatable bonds is 5. The van der Waals surface area contributed by atoms with Crippen molar-refractivity contribution in [2.75, 3.05) is 0 Å². The van der Waals surface area contributed by atoms with Crippen LogP contribution in [0.1, 0.15) is 18.4 Å². The number of benzene rings is 1. The Kier molecular flexibility index (Phi) is 4.80. The van der Waals surface area contributed by atoms with E-state index >= 15 is 0 Å². The van der Waals surface area contributed by atoms with E-state index in [0.717, 1.165) is 5.56 Å². The molecule has 1 saturated heterocycles. The lowest BCUT2D eigenvalue weighted by Gasteiger charge is -2.17. The van der Waals surface area contributed by atoms with Crippen molar-refractivity contribution in [1.29, 1.82) is 0 Å². The molecule has 112 valence electrons. The van der Waals surface area contributed by atoms with Crippen molar-refractivity contribution < 1.29 is 19.5 Å². The van der Waals surface area contributed by atoms with Crippen LogP contribution in [0, 0.1) is 0 Å². The maximum atomic E-state index is 11.9. The van der Waals surface area contributed by atoms with Gasteiger partial charge < -0.3 is 15.7 Å². The van der Waals surface area contributed by atoms with Crippen LogP contribution >= 0.6 is 11.6 Å². The van der Waals surface area contributed by atoms with E-state index in [1.54, 1.807) is 24.3 Å². The molecule has 3 N–H and O–H groups in total. The molecule has 1 aliphatic rings. The maximum Gasteiger partial charge on any atom is 0.326 e. The Morgan fingerprint density at radius 2 is 2.05 bits per heavy atom. The number of hydrogen-bond acceptors (Lipinski definition) is 3. The van der Waals surface area contributed by atoms with Gasteiger partial charge in [0.15, 0.2) is 0 Å². The van der Waals surface area contributed by atoms with Gasteiger partial charge in [0.2, 0.25) is 11.8 Å². The highest BCUT2D eigenvalue weighted by Crippen LogP contribution is 2.12. The summed E-state index contributed by atoms with van der Waals surface area (Å²) in [5.74, 6) is -1.79. The van der Waals surface area contributed by atoms with Gasteiger partial charge in [0.25, 0.3) is 0 Å². The molecule has 1 aliphatic heterocycles. The van der Waals surface area contributed by atoms with Crippen LogP contribution in [-0.4, -0.2) is 35.0 Å². The third-order valence-electron chi connectivity index (χ3n) is 3.28. The molecule has 0 bridgehead atoms. The Hall–Kier alpha value is -2.08. The van der Waals surface area contributed by atoms with E-state index in [2.05, 4.69) is 10.6 Å². The largest absolute Gasteiger partial charge is 0.480 e. The smallest absolute Gasteiger partial charge is 0.326 e. The lowest BCUT2D eigenvalue weighted by Crippen LogP contribution is -2.49. The number of amides is 2. The fraction of sp³-hybridized carbons (Fsp3) is 0.357. The van der Waals surface area contributed by atoms with Crippen molar-refractivity contribution >= 4 is 29.4 Å². The van der Waals surface area contributed by atoms with Gasteiger partial charge in [-0.1, -0.05) is 23.7 Å². The third-order valence-corrected chi connectivity index (χ3v) is 3.53. The molecule has 0 saturated carbocycles. The van der Waals surface area contributed by atoms with E-state index in [4.69, 9.17) is 11.6 Å². The molecular weight excluding hydrogens is 296 g/mol. The summed E-state index contributed by atoms with van der Waals surface area (Å²) in [4.78, 5) is 34.3. The van der Waals surface area contributed by atoms with Gasteiger partial charge in [0.1, 0.15) is 12.1 Å². The van der Waals surface area contributed by atoms with Crippen LogP contribution in [0.25, 0.3) is 0 Å². The van der Waals surface area contributed by atoms with Gasteiger partial charge in [-0.2, -0.15) is 0 Å². The van der Waals surface area contributed by atoms with E-state index in [-0.39, 0.29) is 18.7 Å². The number of halogens is 1. The summed E-state index contributed by atoms with van der Waals surface area (Å²) in [6.45, 7) is 0. The summed E-state index contributed by atoms with van der Waals surface area (Å²) >= 11 is 5.77. The van der Waals surface area contributed by atoms with Crippen LogP contribution in [0.4, 0.5) is 0 Å². The first-order valence-electron chi connectivity index (χ1n) is 6.52. The van der Waals surface area contributed by atoms with Crippen LogP contribution in [0.5, 0.6) is 0 Å². The predicted molar refractivity (Wildman–Crippen MR) is 75.9 cm³/mol. The standard InChI is InChI=1S/C14H15ClN2O4/c15-9-3-1-8(2-4-9)7-11(14(20)21)17-13(19)10-5-6-12(18)16-10/h1-4,10-11H,5-7H2,(H,16,18)(H,17,19)(H,20,21)/t10-,11-/m1/s1. The average molecular weight is 311 g/mol. The Bertz CT molecular complexity index is 559. The van der Waals surface area contributed by atoms with Crippen LogP contribution in [0.2, 0.25) is 5.02 Å². The molecule has 2 amide bonds. The van der Waals surface area contributed by atoms with Gasteiger partial charge in [-0.05, 0) is 24.1 Å². The first-order chi connectivity index (χ1) is 9.95. The monoisotopic (exact) mass is 310 g/mol. The van der Waals surface area contributed by atoms with Crippen LogP contribution in [-0.2, 0) is 20.8 Å². The number of carboxylic acids is 1. The summed E-state index contributed by atoms with van der Waals surface area (Å²) < 4.78 is 0. The number of aliphatic carboxylic acids is 1. The average Bonchev–Trinajstić information content (AvgIpc) is 2.87. The Labute approximate surface area is 126 Å².